The minimum Gasteiger partial charge on any atom is -0.486 e. The van der Waals surface area contributed by atoms with Gasteiger partial charge < -0.3 is 9.30 Å². The molecule has 0 amide bonds. The Bertz CT molecular complexity index is 981. The molecule has 25 heavy (non-hydrogen) atoms. The van der Waals surface area contributed by atoms with Crippen molar-refractivity contribution in [2.24, 2.45) is 0 Å². The Balaban J connectivity index is 1.70. The maximum atomic E-state index is 6.13. The minimum atomic E-state index is 0.406. The zero-order chi connectivity index (χ0) is 17.1. The molecule has 3 nitrogen and oxygen atoms in total. The summed E-state index contributed by atoms with van der Waals surface area (Å²) in [7, 11) is 0. The van der Waals surface area contributed by atoms with Crippen LogP contribution in [0.5, 0.6) is 5.75 Å². The van der Waals surface area contributed by atoms with Gasteiger partial charge in [0.15, 0.2) is 0 Å². The Labute approximate surface area is 151 Å². The van der Waals surface area contributed by atoms with E-state index >= 15 is 0 Å². The predicted molar refractivity (Wildman–Crippen MR) is 101 cm³/mol. The lowest BCUT2D eigenvalue weighted by Gasteiger charge is -2.11. The van der Waals surface area contributed by atoms with Gasteiger partial charge in [-0.05, 0) is 35.9 Å². The second kappa shape index (κ2) is 6.99. The van der Waals surface area contributed by atoms with E-state index < -0.39 is 0 Å². The van der Waals surface area contributed by atoms with Gasteiger partial charge in [0.25, 0.3) is 0 Å². The summed E-state index contributed by atoms with van der Waals surface area (Å²) in [6, 6.07) is 25.9. The van der Waals surface area contributed by atoms with Crippen LogP contribution in [0.2, 0.25) is 5.02 Å². The van der Waals surface area contributed by atoms with Gasteiger partial charge in [0, 0.05) is 11.6 Å². The van der Waals surface area contributed by atoms with Gasteiger partial charge >= 0.3 is 0 Å². The lowest BCUT2D eigenvalue weighted by molar-refractivity contribution is 0.291. The number of fused-ring (bicyclic) bond motifs is 1. The standard InChI is InChI=1S/C21H17ClN2O/c22-17-11-12-20-19(13-17)23-21(15-25-18-9-5-2-6-10-18)24(20)14-16-7-3-1-4-8-16/h1-13H,14-15H2. The molecule has 1 heterocycles. The van der Waals surface area contributed by atoms with Crippen LogP contribution in [-0.4, -0.2) is 9.55 Å². The Morgan fingerprint density at radius 2 is 1.60 bits per heavy atom. The summed E-state index contributed by atoms with van der Waals surface area (Å²) in [5.41, 5.74) is 3.16. The predicted octanol–water partition coefficient (Wildman–Crippen LogP) is 5.32. The normalized spacial score (nSPS) is 10.9. The SMILES string of the molecule is Clc1ccc2c(c1)nc(COc1ccccc1)n2Cc1ccccc1. The van der Waals surface area contributed by atoms with Gasteiger partial charge in [-0.2, -0.15) is 0 Å². The number of para-hydroxylation sites is 1. The molecular formula is C21H17ClN2O. The Morgan fingerprint density at radius 1 is 0.880 bits per heavy atom. The third-order valence-electron chi connectivity index (χ3n) is 4.08. The molecule has 0 saturated heterocycles. The number of ether oxygens (including phenoxy) is 1. The molecule has 3 aromatic carbocycles. The molecule has 0 aliphatic rings. The van der Waals surface area contributed by atoms with Crippen LogP contribution in [0.1, 0.15) is 11.4 Å². The van der Waals surface area contributed by atoms with Crippen LogP contribution in [0.25, 0.3) is 11.0 Å². The fourth-order valence-corrected chi connectivity index (χ4v) is 3.04. The number of aromatic nitrogens is 2. The molecule has 4 heteroatoms. The first-order valence-electron chi connectivity index (χ1n) is 8.16. The van der Waals surface area contributed by atoms with Gasteiger partial charge in [-0.1, -0.05) is 60.1 Å². The fourth-order valence-electron chi connectivity index (χ4n) is 2.87. The van der Waals surface area contributed by atoms with Gasteiger partial charge in [-0.25, -0.2) is 4.98 Å². The zero-order valence-corrected chi connectivity index (χ0v) is 14.4. The van der Waals surface area contributed by atoms with Crippen molar-refractivity contribution in [3.63, 3.8) is 0 Å². The van der Waals surface area contributed by atoms with E-state index in [4.69, 9.17) is 21.3 Å². The lowest BCUT2D eigenvalue weighted by Crippen LogP contribution is -2.08. The molecular weight excluding hydrogens is 332 g/mol. The molecule has 0 aliphatic carbocycles. The van der Waals surface area contributed by atoms with Crippen LogP contribution >= 0.6 is 11.6 Å². The van der Waals surface area contributed by atoms with Crippen molar-refractivity contribution in [3.05, 3.63) is 95.3 Å². The molecule has 0 aliphatic heterocycles. The average molecular weight is 349 g/mol. The van der Waals surface area contributed by atoms with Gasteiger partial charge in [0.05, 0.1) is 11.0 Å². The highest BCUT2D eigenvalue weighted by atomic mass is 35.5. The summed E-state index contributed by atoms with van der Waals surface area (Å²) in [4.78, 5) is 4.74. The monoisotopic (exact) mass is 348 g/mol. The third kappa shape index (κ3) is 3.52. The summed E-state index contributed by atoms with van der Waals surface area (Å²) in [6.45, 7) is 1.15. The summed E-state index contributed by atoms with van der Waals surface area (Å²) in [5.74, 6) is 1.71. The maximum Gasteiger partial charge on any atom is 0.148 e. The summed E-state index contributed by atoms with van der Waals surface area (Å²) in [6.07, 6.45) is 0. The first-order valence-corrected chi connectivity index (χ1v) is 8.54. The number of imidazole rings is 1. The largest absolute Gasteiger partial charge is 0.486 e. The van der Waals surface area contributed by atoms with Gasteiger partial charge in [-0.3, -0.25) is 0 Å². The van der Waals surface area contributed by atoms with Crippen molar-refractivity contribution in [1.82, 2.24) is 9.55 Å². The van der Waals surface area contributed by atoms with E-state index in [-0.39, 0.29) is 0 Å². The number of nitrogens with zero attached hydrogens (tertiary/aromatic N) is 2. The molecule has 0 fully saturated rings. The second-order valence-electron chi connectivity index (χ2n) is 5.83. The van der Waals surface area contributed by atoms with Crippen molar-refractivity contribution in [2.45, 2.75) is 13.2 Å². The Morgan fingerprint density at radius 3 is 2.36 bits per heavy atom. The van der Waals surface area contributed by atoms with Crippen molar-refractivity contribution in [2.75, 3.05) is 0 Å². The van der Waals surface area contributed by atoms with E-state index in [9.17, 15) is 0 Å². The number of hydrogen-bond acceptors (Lipinski definition) is 2. The molecule has 0 spiro atoms. The van der Waals surface area contributed by atoms with Crippen LogP contribution < -0.4 is 4.74 Å². The Kier molecular flexibility index (Phi) is 4.40. The molecule has 4 aromatic rings. The number of rotatable bonds is 5. The molecule has 0 N–H and O–H groups in total. The molecule has 1 aromatic heterocycles. The average Bonchev–Trinajstić information content (AvgIpc) is 2.98. The third-order valence-corrected chi connectivity index (χ3v) is 4.32. The van der Waals surface area contributed by atoms with Crippen LogP contribution in [-0.2, 0) is 13.2 Å². The van der Waals surface area contributed by atoms with Crippen molar-refractivity contribution >= 4 is 22.6 Å². The second-order valence-corrected chi connectivity index (χ2v) is 6.27. The lowest BCUT2D eigenvalue weighted by atomic mass is 10.2. The molecule has 0 saturated carbocycles. The molecule has 0 unspecified atom stereocenters. The molecule has 0 radical (unpaired) electrons. The Hall–Kier alpha value is -2.78. The van der Waals surface area contributed by atoms with Crippen LogP contribution in [0, 0.1) is 0 Å². The van der Waals surface area contributed by atoms with E-state index in [1.807, 2.05) is 66.7 Å². The van der Waals surface area contributed by atoms with Crippen molar-refractivity contribution in [1.29, 1.82) is 0 Å². The van der Waals surface area contributed by atoms with Crippen LogP contribution in [0.3, 0.4) is 0 Å². The van der Waals surface area contributed by atoms with Gasteiger partial charge in [0.2, 0.25) is 0 Å². The quantitative estimate of drug-likeness (QED) is 0.488. The maximum absolute atomic E-state index is 6.13. The highest BCUT2D eigenvalue weighted by Gasteiger charge is 2.12. The van der Waals surface area contributed by atoms with E-state index in [0.29, 0.717) is 11.6 Å². The van der Waals surface area contributed by atoms with E-state index in [1.54, 1.807) is 0 Å². The molecule has 0 atom stereocenters. The topological polar surface area (TPSA) is 27.1 Å². The number of benzene rings is 3. The van der Waals surface area contributed by atoms with E-state index in [2.05, 4.69) is 16.7 Å². The number of halogens is 1. The minimum absolute atomic E-state index is 0.406. The number of hydrogen-bond donors (Lipinski definition) is 0. The molecule has 4 rings (SSSR count). The summed E-state index contributed by atoms with van der Waals surface area (Å²) < 4.78 is 8.10. The highest BCUT2D eigenvalue weighted by molar-refractivity contribution is 6.31. The van der Waals surface area contributed by atoms with Crippen molar-refractivity contribution in [3.8, 4) is 5.75 Å². The fraction of sp³-hybridized carbons (Fsp3) is 0.0952. The summed E-state index contributed by atoms with van der Waals surface area (Å²) in [5, 5.41) is 0.687. The molecule has 124 valence electrons. The van der Waals surface area contributed by atoms with Crippen LogP contribution in [0.4, 0.5) is 0 Å². The van der Waals surface area contributed by atoms with E-state index in [1.165, 1.54) is 5.56 Å². The molecule has 0 bridgehead atoms. The highest BCUT2D eigenvalue weighted by Crippen LogP contribution is 2.23. The smallest absolute Gasteiger partial charge is 0.148 e. The first-order chi connectivity index (χ1) is 12.3. The van der Waals surface area contributed by atoms with E-state index in [0.717, 1.165) is 29.2 Å². The zero-order valence-electron chi connectivity index (χ0n) is 13.6. The van der Waals surface area contributed by atoms with Gasteiger partial charge in [0.1, 0.15) is 18.2 Å². The van der Waals surface area contributed by atoms with Crippen LogP contribution in [0.15, 0.2) is 78.9 Å². The van der Waals surface area contributed by atoms with Gasteiger partial charge in [-0.15, -0.1) is 0 Å². The summed E-state index contributed by atoms with van der Waals surface area (Å²) >= 11 is 6.13. The van der Waals surface area contributed by atoms with Crippen molar-refractivity contribution < 1.29 is 4.74 Å². The first kappa shape index (κ1) is 15.7.